The summed E-state index contributed by atoms with van der Waals surface area (Å²) in [6.45, 7) is 0. The summed E-state index contributed by atoms with van der Waals surface area (Å²) < 4.78 is 11.2. The lowest BCUT2D eigenvalue weighted by Gasteiger charge is -2.27. The molecular formula is C16H15NO3. The van der Waals surface area contributed by atoms with Crippen molar-refractivity contribution in [3.8, 4) is 11.5 Å². The largest absolute Gasteiger partial charge is 0.497 e. The molecule has 2 aromatic rings. The van der Waals surface area contributed by atoms with Crippen molar-refractivity contribution in [1.29, 1.82) is 0 Å². The highest BCUT2D eigenvalue weighted by atomic mass is 16.5. The first-order chi connectivity index (χ1) is 9.81. The topological polar surface area (TPSA) is 51.0 Å². The summed E-state index contributed by atoms with van der Waals surface area (Å²) in [5.74, 6) is 1.40. The second kappa shape index (κ2) is 5.25. The number of methoxy groups -OCH3 is 1. The van der Waals surface area contributed by atoms with E-state index in [1.54, 1.807) is 7.11 Å². The van der Waals surface area contributed by atoms with Gasteiger partial charge >= 0.3 is 0 Å². The Labute approximate surface area is 117 Å². The van der Waals surface area contributed by atoms with Gasteiger partial charge in [0.05, 0.1) is 12.8 Å². The molecule has 3 rings (SSSR count). The molecule has 1 aliphatic rings. The zero-order valence-electron chi connectivity index (χ0n) is 11.1. The maximum Gasteiger partial charge on any atom is 0.133 e. The highest BCUT2D eigenvalue weighted by Gasteiger charge is 2.26. The van der Waals surface area contributed by atoms with Gasteiger partial charge in [-0.2, -0.15) is 0 Å². The molecule has 20 heavy (non-hydrogen) atoms. The van der Waals surface area contributed by atoms with Gasteiger partial charge in [-0.1, -0.05) is 35.5 Å². The van der Waals surface area contributed by atoms with Crippen LogP contribution < -0.4 is 9.47 Å². The molecule has 1 aliphatic heterocycles. The van der Waals surface area contributed by atoms with E-state index in [9.17, 15) is 5.21 Å². The lowest BCUT2D eigenvalue weighted by Crippen LogP contribution is -2.21. The zero-order valence-corrected chi connectivity index (χ0v) is 11.1. The fourth-order valence-corrected chi connectivity index (χ4v) is 2.39. The number of fused-ring (bicyclic) bond motifs is 1. The predicted octanol–water partition coefficient (Wildman–Crippen LogP) is 3.40. The summed E-state index contributed by atoms with van der Waals surface area (Å²) in [5, 5.41) is 12.6. The van der Waals surface area contributed by atoms with Crippen molar-refractivity contribution in [2.24, 2.45) is 5.16 Å². The van der Waals surface area contributed by atoms with Crippen LogP contribution in [0.1, 0.15) is 23.7 Å². The van der Waals surface area contributed by atoms with Crippen molar-refractivity contribution in [2.45, 2.75) is 12.5 Å². The van der Waals surface area contributed by atoms with Crippen LogP contribution in [0.4, 0.5) is 0 Å². The molecule has 1 N–H and O–H groups in total. The van der Waals surface area contributed by atoms with E-state index in [1.165, 1.54) is 0 Å². The summed E-state index contributed by atoms with van der Waals surface area (Å²) in [4.78, 5) is 0. The minimum atomic E-state index is -0.151. The van der Waals surface area contributed by atoms with Gasteiger partial charge in [0.1, 0.15) is 17.6 Å². The monoisotopic (exact) mass is 269 g/mol. The highest BCUT2D eigenvalue weighted by molar-refractivity contribution is 6.03. The third-order valence-corrected chi connectivity index (χ3v) is 3.44. The third kappa shape index (κ3) is 2.20. The van der Waals surface area contributed by atoms with Crippen molar-refractivity contribution in [1.82, 2.24) is 0 Å². The third-order valence-electron chi connectivity index (χ3n) is 3.44. The van der Waals surface area contributed by atoms with Crippen molar-refractivity contribution >= 4 is 5.71 Å². The highest BCUT2D eigenvalue weighted by Crippen LogP contribution is 2.37. The first kappa shape index (κ1) is 12.5. The maximum absolute atomic E-state index is 9.23. The van der Waals surface area contributed by atoms with Crippen LogP contribution in [0.2, 0.25) is 0 Å². The molecule has 0 radical (unpaired) electrons. The summed E-state index contributed by atoms with van der Waals surface area (Å²) >= 11 is 0. The van der Waals surface area contributed by atoms with Gasteiger partial charge in [0.15, 0.2) is 0 Å². The number of hydrogen-bond acceptors (Lipinski definition) is 4. The second-order valence-electron chi connectivity index (χ2n) is 4.63. The van der Waals surface area contributed by atoms with Crippen molar-refractivity contribution in [3.05, 3.63) is 59.7 Å². The molecule has 0 fully saturated rings. The number of benzene rings is 2. The maximum atomic E-state index is 9.23. The standard InChI is InChI=1S/C16H15NO3/c1-19-12-7-8-13-14(17-18)10-15(20-16(13)9-12)11-5-3-2-4-6-11/h2-9,15,18H,10H2,1H3/b17-14+. The van der Waals surface area contributed by atoms with Gasteiger partial charge in [0, 0.05) is 18.1 Å². The lowest BCUT2D eigenvalue weighted by molar-refractivity contribution is 0.202. The van der Waals surface area contributed by atoms with E-state index in [-0.39, 0.29) is 6.10 Å². The number of rotatable bonds is 2. The van der Waals surface area contributed by atoms with E-state index < -0.39 is 0 Å². The Morgan fingerprint density at radius 2 is 2.00 bits per heavy atom. The smallest absolute Gasteiger partial charge is 0.133 e. The molecule has 0 spiro atoms. The van der Waals surface area contributed by atoms with Crippen molar-refractivity contribution in [3.63, 3.8) is 0 Å². The predicted molar refractivity (Wildman–Crippen MR) is 75.7 cm³/mol. The van der Waals surface area contributed by atoms with Gasteiger partial charge in [-0.15, -0.1) is 0 Å². The summed E-state index contributed by atoms with van der Waals surface area (Å²) in [6.07, 6.45) is 0.390. The molecule has 4 nitrogen and oxygen atoms in total. The van der Waals surface area contributed by atoms with Gasteiger partial charge in [-0.3, -0.25) is 0 Å². The second-order valence-corrected chi connectivity index (χ2v) is 4.63. The van der Waals surface area contributed by atoms with E-state index in [4.69, 9.17) is 9.47 Å². The minimum Gasteiger partial charge on any atom is -0.497 e. The van der Waals surface area contributed by atoms with Crippen LogP contribution in [0.3, 0.4) is 0 Å². The zero-order chi connectivity index (χ0) is 13.9. The number of hydrogen-bond donors (Lipinski definition) is 1. The van der Waals surface area contributed by atoms with Crippen molar-refractivity contribution < 1.29 is 14.7 Å². The molecule has 1 atom stereocenters. The summed E-state index contributed by atoms with van der Waals surface area (Å²) in [5.41, 5.74) is 2.49. The molecule has 0 aromatic heterocycles. The minimum absolute atomic E-state index is 0.151. The van der Waals surface area contributed by atoms with Crippen LogP contribution in [0.25, 0.3) is 0 Å². The normalized spacial score (nSPS) is 19.2. The Morgan fingerprint density at radius 1 is 1.20 bits per heavy atom. The number of ether oxygens (including phenoxy) is 2. The first-order valence-electron chi connectivity index (χ1n) is 6.42. The Hall–Kier alpha value is -2.49. The summed E-state index contributed by atoms with van der Waals surface area (Å²) in [6, 6.07) is 15.4. The first-order valence-corrected chi connectivity index (χ1v) is 6.42. The molecule has 0 aliphatic carbocycles. The summed E-state index contributed by atoms with van der Waals surface area (Å²) in [7, 11) is 1.61. The molecule has 0 bridgehead atoms. The van der Waals surface area contributed by atoms with Crippen molar-refractivity contribution in [2.75, 3.05) is 7.11 Å². The van der Waals surface area contributed by atoms with E-state index in [2.05, 4.69) is 5.16 Å². The molecule has 0 saturated heterocycles. The van der Waals surface area contributed by atoms with Crippen LogP contribution in [-0.4, -0.2) is 18.0 Å². The number of nitrogens with zero attached hydrogens (tertiary/aromatic N) is 1. The van der Waals surface area contributed by atoms with Crippen LogP contribution in [0, 0.1) is 0 Å². The Morgan fingerprint density at radius 3 is 2.70 bits per heavy atom. The van der Waals surface area contributed by atoms with Crippen LogP contribution in [0.15, 0.2) is 53.7 Å². The van der Waals surface area contributed by atoms with Gasteiger partial charge < -0.3 is 14.7 Å². The average molecular weight is 269 g/mol. The molecule has 2 aromatic carbocycles. The van der Waals surface area contributed by atoms with Crippen LogP contribution in [-0.2, 0) is 0 Å². The molecule has 102 valence electrons. The fraction of sp³-hybridized carbons (Fsp3) is 0.188. The molecule has 1 heterocycles. The Bertz CT molecular complexity index is 637. The van der Waals surface area contributed by atoms with Gasteiger partial charge in [-0.05, 0) is 17.7 Å². The molecule has 1 unspecified atom stereocenters. The molecule has 0 amide bonds. The molecule has 4 heteroatoms. The Kier molecular flexibility index (Phi) is 3.29. The van der Waals surface area contributed by atoms with E-state index >= 15 is 0 Å². The van der Waals surface area contributed by atoms with Crippen LogP contribution in [0.5, 0.6) is 11.5 Å². The molecular weight excluding hydrogens is 254 g/mol. The van der Waals surface area contributed by atoms with E-state index in [0.29, 0.717) is 17.9 Å². The lowest BCUT2D eigenvalue weighted by atomic mass is 9.95. The van der Waals surface area contributed by atoms with Crippen LogP contribution >= 0.6 is 0 Å². The van der Waals surface area contributed by atoms with E-state index in [0.717, 1.165) is 16.9 Å². The Balaban J connectivity index is 2.01. The fourth-order valence-electron chi connectivity index (χ4n) is 2.39. The average Bonchev–Trinajstić information content (AvgIpc) is 2.54. The van der Waals surface area contributed by atoms with Gasteiger partial charge in [0.25, 0.3) is 0 Å². The quantitative estimate of drug-likeness (QED) is 0.671. The van der Waals surface area contributed by atoms with Gasteiger partial charge in [-0.25, -0.2) is 0 Å². The van der Waals surface area contributed by atoms with Gasteiger partial charge in [0.2, 0.25) is 0 Å². The number of oxime groups is 1. The van der Waals surface area contributed by atoms with E-state index in [1.807, 2.05) is 48.5 Å². The SMILES string of the molecule is COc1ccc2c(c1)OC(c1ccccc1)C/C2=N\O. The molecule has 0 saturated carbocycles.